The van der Waals surface area contributed by atoms with Gasteiger partial charge in [0.15, 0.2) is 0 Å². The number of nitrogens with one attached hydrogen (secondary N) is 1. The highest BCUT2D eigenvalue weighted by Gasteiger charge is 2.30. The second-order valence-electron chi connectivity index (χ2n) is 6.95. The van der Waals surface area contributed by atoms with Gasteiger partial charge in [0, 0.05) is 23.5 Å². The van der Waals surface area contributed by atoms with Gasteiger partial charge in [0.05, 0.1) is 24.2 Å². The predicted molar refractivity (Wildman–Crippen MR) is 106 cm³/mol. The fourth-order valence-electron chi connectivity index (χ4n) is 3.44. The van der Waals surface area contributed by atoms with Gasteiger partial charge in [-0.05, 0) is 44.7 Å². The number of alkyl halides is 1. The van der Waals surface area contributed by atoms with E-state index in [-0.39, 0.29) is 24.9 Å². The Morgan fingerprint density at radius 1 is 1.29 bits per heavy atom. The molecule has 2 aromatic heterocycles. The summed E-state index contributed by atoms with van der Waals surface area (Å²) in [5.74, 6) is -0.123. The van der Waals surface area contributed by atoms with E-state index in [0.29, 0.717) is 18.7 Å². The van der Waals surface area contributed by atoms with Gasteiger partial charge >= 0.3 is 0 Å². The molecule has 1 fully saturated rings. The van der Waals surface area contributed by atoms with E-state index in [2.05, 4.69) is 25.7 Å². The second kappa shape index (κ2) is 7.84. The highest BCUT2D eigenvalue weighted by atomic mass is 32.1. The van der Waals surface area contributed by atoms with Gasteiger partial charge in [0.1, 0.15) is 16.2 Å². The van der Waals surface area contributed by atoms with Crippen molar-refractivity contribution in [2.45, 2.75) is 32.0 Å². The maximum absolute atomic E-state index is 14.1. The lowest BCUT2D eigenvalue weighted by atomic mass is 10.0. The average molecular weight is 400 g/mol. The number of fused-ring (bicyclic) bond motifs is 1. The number of aromatic nitrogens is 4. The summed E-state index contributed by atoms with van der Waals surface area (Å²) < 4.78 is 14.1. The van der Waals surface area contributed by atoms with Crippen LogP contribution in [0.3, 0.4) is 0 Å². The molecule has 146 valence electrons. The Morgan fingerprint density at radius 2 is 2.14 bits per heavy atom. The van der Waals surface area contributed by atoms with Crippen molar-refractivity contribution >= 4 is 28.1 Å². The van der Waals surface area contributed by atoms with Crippen molar-refractivity contribution in [3.63, 3.8) is 0 Å². The fraction of sp³-hybridized carbons (Fsp3) is 0.421. The molecule has 0 spiro atoms. The van der Waals surface area contributed by atoms with E-state index in [1.807, 2.05) is 31.2 Å². The normalized spacial score (nSPS) is 19.9. The highest BCUT2D eigenvalue weighted by Crippen LogP contribution is 2.26. The molecule has 1 aliphatic rings. The lowest BCUT2D eigenvalue weighted by molar-refractivity contribution is -0.133. The molecule has 0 bridgehead atoms. The zero-order chi connectivity index (χ0) is 19.7. The van der Waals surface area contributed by atoms with Gasteiger partial charge in [-0.25, -0.2) is 4.39 Å². The number of benzene rings is 1. The van der Waals surface area contributed by atoms with Crippen LogP contribution in [-0.4, -0.2) is 63.6 Å². The van der Waals surface area contributed by atoms with Gasteiger partial charge in [-0.1, -0.05) is 11.3 Å². The molecule has 3 aromatic rings. The molecular formula is C19H21FN6OS. The Morgan fingerprint density at radius 3 is 2.86 bits per heavy atom. The van der Waals surface area contributed by atoms with E-state index >= 15 is 0 Å². The number of aryl methyl sites for hydroxylation is 1. The van der Waals surface area contributed by atoms with Crippen molar-refractivity contribution in [2.75, 3.05) is 20.1 Å². The minimum absolute atomic E-state index is 0.113. The Labute approximate surface area is 166 Å². The minimum atomic E-state index is -1.05. The molecule has 0 radical (unpaired) electrons. The molecule has 4 rings (SSSR count). The Bertz CT molecular complexity index is 1010. The maximum Gasteiger partial charge on any atom is 0.228 e. The minimum Gasteiger partial charge on any atom is -0.339 e. The third kappa shape index (κ3) is 3.85. The number of hydrogen-bond acceptors (Lipinski definition) is 7. The number of nitrogens with zero attached hydrogens (tertiary/aromatic N) is 5. The molecule has 0 aliphatic carbocycles. The predicted octanol–water partition coefficient (Wildman–Crippen LogP) is 2.16. The van der Waals surface area contributed by atoms with Crippen LogP contribution in [0.4, 0.5) is 4.39 Å². The van der Waals surface area contributed by atoms with E-state index in [4.69, 9.17) is 0 Å². The molecule has 28 heavy (non-hydrogen) atoms. The van der Waals surface area contributed by atoms with Gasteiger partial charge in [-0.15, -0.1) is 10.2 Å². The van der Waals surface area contributed by atoms with Crippen LogP contribution < -0.4 is 5.32 Å². The van der Waals surface area contributed by atoms with Crippen LogP contribution in [-0.2, 0) is 11.2 Å². The molecule has 1 amide bonds. The van der Waals surface area contributed by atoms with Crippen LogP contribution in [0.15, 0.2) is 24.3 Å². The molecule has 1 aliphatic heterocycles. The number of carbonyl (C=O) groups is 1. The first-order valence-electron chi connectivity index (χ1n) is 9.19. The summed E-state index contributed by atoms with van der Waals surface area (Å²) in [5, 5.41) is 22.2. The Balaban J connectivity index is 1.51. The van der Waals surface area contributed by atoms with Crippen LogP contribution in [0.5, 0.6) is 0 Å². The molecule has 2 atom stereocenters. The molecule has 1 saturated heterocycles. The maximum atomic E-state index is 14.1. The number of piperidine rings is 1. The van der Waals surface area contributed by atoms with Crippen LogP contribution in [0.2, 0.25) is 0 Å². The zero-order valence-electron chi connectivity index (χ0n) is 15.7. The van der Waals surface area contributed by atoms with E-state index in [0.717, 1.165) is 26.5 Å². The molecule has 3 heterocycles. The molecule has 1 aromatic carbocycles. The Hall–Kier alpha value is -2.52. The summed E-state index contributed by atoms with van der Waals surface area (Å²) in [6.07, 6.45) is -0.331. The highest BCUT2D eigenvalue weighted by molar-refractivity contribution is 7.14. The fourth-order valence-corrected chi connectivity index (χ4v) is 4.13. The number of rotatable bonds is 4. The van der Waals surface area contributed by atoms with Crippen LogP contribution in [0.1, 0.15) is 17.1 Å². The summed E-state index contributed by atoms with van der Waals surface area (Å²) in [6.45, 7) is 2.58. The van der Waals surface area contributed by atoms with E-state index in [9.17, 15) is 9.18 Å². The van der Waals surface area contributed by atoms with Crippen molar-refractivity contribution in [3.05, 3.63) is 35.0 Å². The smallest absolute Gasteiger partial charge is 0.228 e. The number of carbonyl (C=O) groups excluding carboxylic acids is 1. The van der Waals surface area contributed by atoms with E-state index in [1.165, 1.54) is 11.3 Å². The van der Waals surface area contributed by atoms with Gasteiger partial charge in [-0.2, -0.15) is 10.2 Å². The quantitative estimate of drug-likeness (QED) is 0.723. The van der Waals surface area contributed by atoms with Crippen molar-refractivity contribution in [2.24, 2.45) is 0 Å². The second-order valence-corrected chi connectivity index (χ2v) is 8.13. The number of hydrogen-bond donors (Lipinski definition) is 1. The zero-order valence-corrected chi connectivity index (χ0v) is 16.5. The monoisotopic (exact) mass is 400 g/mol. The van der Waals surface area contributed by atoms with Crippen molar-refractivity contribution in [1.82, 2.24) is 30.6 Å². The van der Waals surface area contributed by atoms with Crippen molar-refractivity contribution < 1.29 is 9.18 Å². The summed E-state index contributed by atoms with van der Waals surface area (Å²) in [5.41, 5.74) is 2.28. The van der Waals surface area contributed by atoms with Gasteiger partial charge in [-0.3, -0.25) is 4.79 Å². The van der Waals surface area contributed by atoms with Gasteiger partial charge < -0.3 is 10.2 Å². The summed E-state index contributed by atoms with van der Waals surface area (Å²) in [6, 6.07) is 7.48. The summed E-state index contributed by atoms with van der Waals surface area (Å²) in [4.78, 5) is 14.2. The number of halogens is 1. The van der Waals surface area contributed by atoms with Crippen LogP contribution >= 0.6 is 11.3 Å². The number of amides is 1. The largest absolute Gasteiger partial charge is 0.339 e. The third-order valence-corrected chi connectivity index (χ3v) is 5.89. The average Bonchev–Trinajstić information content (AvgIpc) is 3.13. The molecule has 9 heteroatoms. The first-order valence-corrected chi connectivity index (χ1v) is 10.0. The first-order chi connectivity index (χ1) is 13.5. The van der Waals surface area contributed by atoms with E-state index < -0.39 is 6.17 Å². The van der Waals surface area contributed by atoms with Crippen molar-refractivity contribution in [1.29, 1.82) is 0 Å². The van der Waals surface area contributed by atoms with E-state index in [1.54, 1.807) is 11.9 Å². The van der Waals surface area contributed by atoms with Crippen LogP contribution in [0, 0.1) is 6.92 Å². The van der Waals surface area contributed by atoms with Gasteiger partial charge in [0.2, 0.25) is 5.91 Å². The third-order valence-electron chi connectivity index (χ3n) is 5.01. The molecule has 1 N–H and O–H groups in total. The molecular weight excluding hydrogens is 379 g/mol. The number of likely N-dealkylation sites (tertiary alicyclic amines) is 1. The SMILES string of the molecule is CN[C@H]1CCN(C(=O)Cc2cc3cc(-c4nnc(C)s4)ccc3nn2)C[C@@H]1F. The molecule has 7 nitrogen and oxygen atoms in total. The van der Waals surface area contributed by atoms with Crippen LogP contribution in [0.25, 0.3) is 21.5 Å². The molecule has 0 saturated carbocycles. The topological polar surface area (TPSA) is 83.9 Å². The van der Waals surface area contributed by atoms with Gasteiger partial charge in [0.25, 0.3) is 0 Å². The first kappa shape index (κ1) is 18.8. The summed E-state index contributed by atoms with van der Waals surface area (Å²) >= 11 is 1.53. The summed E-state index contributed by atoms with van der Waals surface area (Å²) in [7, 11) is 1.75. The standard InChI is InChI=1S/C19H21FN6OS/c1-11-22-25-19(28-11)12-3-4-16-13(7-12)8-14(23-24-16)9-18(27)26-6-5-17(21-2)15(20)10-26/h3-4,7-8,15,17,21H,5-6,9-10H2,1-2H3/t15-,17-/m0/s1. The van der Waals surface area contributed by atoms with Crippen molar-refractivity contribution in [3.8, 4) is 10.6 Å². The Kier molecular flexibility index (Phi) is 5.27. The lowest BCUT2D eigenvalue weighted by Gasteiger charge is -2.34. The lowest BCUT2D eigenvalue weighted by Crippen LogP contribution is -2.51. The molecule has 0 unspecified atom stereocenters.